The molecule has 0 aliphatic rings. The molecule has 0 fully saturated rings. The second-order valence-electron chi connectivity index (χ2n) is 4.76. The molecule has 0 aliphatic heterocycles. The van der Waals surface area contributed by atoms with Crippen molar-refractivity contribution in [2.24, 2.45) is 5.73 Å². The number of benzene rings is 1. The summed E-state index contributed by atoms with van der Waals surface area (Å²) >= 11 is 0. The number of nitrogens with one attached hydrogen (secondary N) is 1. The molecule has 19 heavy (non-hydrogen) atoms. The minimum Gasteiger partial charge on any atom is -0.494 e. The highest BCUT2D eigenvalue weighted by atomic mass is 19.1. The number of methoxy groups -OCH3 is 1. The zero-order chi connectivity index (χ0) is 14.5. The highest BCUT2D eigenvalue weighted by molar-refractivity contribution is 5.95. The van der Waals surface area contributed by atoms with Crippen LogP contribution in [0.2, 0.25) is 0 Å². The molecule has 1 atom stereocenters. The maximum absolute atomic E-state index is 13.3. The van der Waals surface area contributed by atoms with Crippen molar-refractivity contribution in [1.82, 2.24) is 5.32 Å². The normalized spacial score (nSPS) is 13.7. The van der Waals surface area contributed by atoms with Gasteiger partial charge in [0.2, 0.25) is 0 Å². The van der Waals surface area contributed by atoms with Gasteiger partial charge in [0, 0.05) is 11.1 Å². The van der Waals surface area contributed by atoms with E-state index in [-0.39, 0.29) is 17.2 Å². The highest BCUT2D eigenvalue weighted by Crippen LogP contribution is 2.20. The quantitative estimate of drug-likeness (QED) is 0.830. The van der Waals surface area contributed by atoms with E-state index < -0.39 is 5.82 Å². The highest BCUT2D eigenvalue weighted by Gasteiger charge is 2.24. The number of hydrogen-bond acceptors (Lipinski definition) is 3. The first-order valence-electron chi connectivity index (χ1n) is 6.32. The van der Waals surface area contributed by atoms with Crippen LogP contribution in [0.4, 0.5) is 4.39 Å². The van der Waals surface area contributed by atoms with Crippen molar-refractivity contribution < 1.29 is 13.9 Å². The zero-order valence-electron chi connectivity index (χ0n) is 11.6. The van der Waals surface area contributed by atoms with Crippen molar-refractivity contribution in [2.75, 3.05) is 13.7 Å². The molecule has 0 heterocycles. The first-order valence-corrected chi connectivity index (χ1v) is 6.32. The van der Waals surface area contributed by atoms with Crippen LogP contribution in [0.25, 0.3) is 0 Å². The first kappa shape index (κ1) is 15.4. The van der Waals surface area contributed by atoms with Gasteiger partial charge < -0.3 is 15.8 Å². The first-order chi connectivity index (χ1) is 8.95. The van der Waals surface area contributed by atoms with Crippen LogP contribution in [0.3, 0.4) is 0 Å². The number of hydrogen-bond donors (Lipinski definition) is 2. The molecule has 1 unspecified atom stereocenters. The summed E-state index contributed by atoms with van der Waals surface area (Å²) in [5.74, 6) is -0.681. The molecule has 106 valence electrons. The summed E-state index contributed by atoms with van der Waals surface area (Å²) < 4.78 is 18.1. The Hall–Kier alpha value is -1.62. The van der Waals surface area contributed by atoms with E-state index in [0.29, 0.717) is 18.5 Å². The van der Waals surface area contributed by atoms with E-state index in [9.17, 15) is 9.18 Å². The summed E-state index contributed by atoms with van der Waals surface area (Å²) in [7, 11) is 1.37. The van der Waals surface area contributed by atoms with Gasteiger partial charge in [0.05, 0.1) is 7.11 Å². The van der Waals surface area contributed by atoms with Gasteiger partial charge in [0.15, 0.2) is 11.6 Å². The summed E-state index contributed by atoms with van der Waals surface area (Å²) in [6.07, 6.45) is 1.46. The van der Waals surface area contributed by atoms with Crippen LogP contribution in [0.1, 0.15) is 37.0 Å². The number of nitrogens with two attached hydrogens (primary N) is 1. The Balaban J connectivity index is 2.88. The van der Waals surface area contributed by atoms with Crippen LogP contribution in [0, 0.1) is 5.82 Å². The predicted octanol–water partition coefficient (Wildman–Crippen LogP) is 2.08. The average Bonchev–Trinajstić information content (AvgIpc) is 2.39. The Bertz CT molecular complexity index is 451. The number of carbonyl (C=O) groups is 1. The monoisotopic (exact) mass is 268 g/mol. The summed E-state index contributed by atoms with van der Waals surface area (Å²) in [4.78, 5) is 12.1. The standard InChI is InChI=1S/C14H21FN2O2/c1-4-14(2,7-8-16)17-13(18)10-5-6-11(15)12(9-10)19-3/h5-6,9H,4,7-8,16H2,1-3H3,(H,17,18). The van der Waals surface area contributed by atoms with E-state index in [1.54, 1.807) is 0 Å². The molecule has 1 amide bonds. The molecule has 1 aromatic carbocycles. The number of rotatable bonds is 6. The summed E-state index contributed by atoms with van der Waals surface area (Å²) in [5, 5.41) is 2.93. The maximum Gasteiger partial charge on any atom is 0.251 e. The maximum atomic E-state index is 13.3. The van der Waals surface area contributed by atoms with Gasteiger partial charge in [-0.15, -0.1) is 0 Å². The smallest absolute Gasteiger partial charge is 0.251 e. The third kappa shape index (κ3) is 3.92. The number of ether oxygens (including phenoxy) is 1. The Kier molecular flexibility index (Phi) is 5.30. The van der Waals surface area contributed by atoms with Crippen LogP contribution in [-0.2, 0) is 0 Å². The lowest BCUT2D eigenvalue weighted by molar-refractivity contribution is 0.0899. The molecule has 0 aliphatic carbocycles. The van der Waals surface area contributed by atoms with E-state index in [0.717, 1.165) is 6.42 Å². The van der Waals surface area contributed by atoms with E-state index in [4.69, 9.17) is 10.5 Å². The van der Waals surface area contributed by atoms with Gasteiger partial charge in [-0.05, 0) is 44.5 Å². The molecular formula is C14H21FN2O2. The Morgan fingerprint density at radius 1 is 1.53 bits per heavy atom. The van der Waals surface area contributed by atoms with Gasteiger partial charge in [-0.3, -0.25) is 4.79 Å². The van der Waals surface area contributed by atoms with E-state index in [1.165, 1.54) is 25.3 Å². The van der Waals surface area contributed by atoms with Crippen molar-refractivity contribution in [1.29, 1.82) is 0 Å². The van der Waals surface area contributed by atoms with Gasteiger partial charge in [0.25, 0.3) is 5.91 Å². The van der Waals surface area contributed by atoms with Crippen LogP contribution in [0.15, 0.2) is 18.2 Å². The second kappa shape index (κ2) is 6.52. The lowest BCUT2D eigenvalue weighted by atomic mass is 9.94. The molecule has 0 saturated heterocycles. The lowest BCUT2D eigenvalue weighted by Gasteiger charge is -2.29. The molecule has 4 nitrogen and oxygen atoms in total. The number of halogens is 1. The van der Waals surface area contributed by atoms with E-state index >= 15 is 0 Å². The average molecular weight is 268 g/mol. The van der Waals surface area contributed by atoms with Crippen LogP contribution in [0.5, 0.6) is 5.75 Å². The molecule has 0 aromatic heterocycles. The van der Waals surface area contributed by atoms with Crippen molar-refractivity contribution in [3.63, 3.8) is 0 Å². The molecule has 5 heteroatoms. The van der Waals surface area contributed by atoms with Gasteiger partial charge in [0.1, 0.15) is 0 Å². The van der Waals surface area contributed by atoms with Gasteiger partial charge in [-0.25, -0.2) is 4.39 Å². The Morgan fingerprint density at radius 2 is 2.21 bits per heavy atom. The van der Waals surface area contributed by atoms with Crippen molar-refractivity contribution in [2.45, 2.75) is 32.2 Å². The third-order valence-electron chi connectivity index (χ3n) is 3.31. The fraction of sp³-hybridized carbons (Fsp3) is 0.500. The van der Waals surface area contributed by atoms with Crippen molar-refractivity contribution >= 4 is 5.91 Å². The molecule has 0 saturated carbocycles. The Labute approximate surface area is 113 Å². The minimum absolute atomic E-state index is 0.0599. The van der Waals surface area contributed by atoms with Crippen molar-refractivity contribution in [3.8, 4) is 5.75 Å². The zero-order valence-corrected chi connectivity index (χ0v) is 11.6. The molecule has 1 rings (SSSR count). The lowest BCUT2D eigenvalue weighted by Crippen LogP contribution is -2.46. The summed E-state index contributed by atoms with van der Waals surface area (Å²) in [6, 6.07) is 4.05. The number of amides is 1. The Morgan fingerprint density at radius 3 is 2.74 bits per heavy atom. The molecule has 0 spiro atoms. The van der Waals surface area contributed by atoms with E-state index in [2.05, 4.69) is 5.32 Å². The molecule has 0 bridgehead atoms. The molecular weight excluding hydrogens is 247 g/mol. The van der Waals surface area contributed by atoms with Gasteiger partial charge in [-0.2, -0.15) is 0 Å². The topological polar surface area (TPSA) is 64.3 Å². The van der Waals surface area contributed by atoms with Gasteiger partial charge in [-0.1, -0.05) is 6.92 Å². The molecule has 1 aromatic rings. The van der Waals surface area contributed by atoms with E-state index in [1.807, 2.05) is 13.8 Å². The van der Waals surface area contributed by atoms with Crippen LogP contribution < -0.4 is 15.8 Å². The number of carbonyl (C=O) groups excluding carboxylic acids is 1. The van der Waals surface area contributed by atoms with Gasteiger partial charge >= 0.3 is 0 Å². The predicted molar refractivity (Wildman–Crippen MR) is 72.8 cm³/mol. The molecule has 3 N–H and O–H groups in total. The summed E-state index contributed by atoms with van der Waals surface area (Å²) in [6.45, 7) is 4.43. The SMILES string of the molecule is CCC(C)(CCN)NC(=O)c1ccc(F)c(OC)c1. The summed E-state index contributed by atoms with van der Waals surface area (Å²) in [5.41, 5.74) is 5.57. The third-order valence-corrected chi connectivity index (χ3v) is 3.31. The fourth-order valence-electron chi connectivity index (χ4n) is 1.79. The fourth-order valence-corrected chi connectivity index (χ4v) is 1.79. The van der Waals surface area contributed by atoms with Crippen LogP contribution in [-0.4, -0.2) is 25.1 Å². The largest absolute Gasteiger partial charge is 0.494 e. The molecule has 0 radical (unpaired) electrons. The second-order valence-corrected chi connectivity index (χ2v) is 4.76. The van der Waals surface area contributed by atoms with Crippen molar-refractivity contribution in [3.05, 3.63) is 29.6 Å². The minimum atomic E-state index is -0.487. The van der Waals surface area contributed by atoms with Crippen LogP contribution >= 0.6 is 0 Å².